The third-order valence-corrected chi connectivity index (χ3v) is 5.65. The summed E-state index contributed by atoms with van der Waals surface area (Å²) in [6, 6.07) is 23.0. The Kier molecular flexibility index (Phi) is 7.06. The number of hydrogen-bond acceptors (Lipinski definition) is 4. The monoisotopic (exact) mass is 468 g/mol. The number of hydrogen-bond donors (Lipinski definition) is 2. The largest absolute Gasteiger partial charge is 0.344 e. The molecule has 0 aliphatic carbocycles. The van der Waals surface area contributed by atoms with Crippen LogP contribution in [0.5, 0.6) is 0 Å². The highest BCUT2D eigenvalue weighted by molar-refractivity contribution is 6.05. The van der Waals surface area contributed by atoms with Gasteiger partial charge in [0.2, 0.25) is 0 Å². The normalized spacial score (nSPS) is 11.9. The van der Waals surface area contributed by atoms with Crippen molar-refractivity contribution in [1.29, 1.82) is 0 Å². The van der Waals surface area contributed by atoms with E-state index in [1.165, 1.54) is 4.68 Å². The van der Waals surface area contributed by atoms with Gasteiger partial charge in [0.15, 0.2) is 5.69 Å². The number of aromatic nitrogens is 2. The third kappa shape index (κ3) is 5.46. The molecule has 4 rings (SSSR count). The zero-order chi connectivity index (χ0) is 24.9. The standard InChI is InChI=1S/C28H28N4O3/c1-18(2)17-32-28(35)24-15-8-7-14-23(24)25(31-32)27(34)29-19(3)21-12-9-13-22(16-21)30-26(33)20-10-5-4-6-11-20/h4-16,18-19H,17H2,1-3H3,(H,29,34)(H,30,33). The minimum atomic E-state index is -0.370. The van der Waals surface area contributed by atoms with Crippen molar-refractivity contribution >= 4 is 28.3 Å². The maximum absolute atomic E-state index is 13.3. The number of anilines is 1. The van der Waals surface area contributed by atoms with E-state index in [4.69, 9.17) is 0 Å². The van der Waals surface area contributed by atoms with Gasteiger partial charge in [-0.2, -0.15) is 5.10 Å². The molecule has 1 atom stereocenters. The lowest BCUT2D eigenvalue weighted by atomic mass is 10.1. The first-order valence-electron chi connectivity index (χ1n) is 11.6. The van der Waals surface area contributed by atoms with E-state index in [1.54, 1.807) is 42.5 Å². The van der Waals surface area contributed by atoms with Crippen LogP contribution in [0.15, 0.2) is 83.7 Å². The van der Waals surface area contributed by atoms with Crippen LogP contribution >= 0.6 is 0 Å². The van der Waals surface area contributed by atoms with Crippen LogP contribution in [0, 0.1) is 5.92 Å². The second-order valence-corrected chi connectivity index (χ2v) is 8.92. The summed E-state index contributed by atoms with van der Waals surface area (Å²) >= 11 is 0. The van der Waals surface area contributed by atoms with Crippen molar-refractivity contribution in [2.45, 2.75) is 33.4 Å². The Morgan fingerprint density at radius 1 is 0.857 bits per heavy atom. The van der Waals surface area contributed by atoms with E-state index >= 15 is 0 Å². The van der Waals surface area contributed by atoms with Gasteiger partial charge >= 0.3 is 0 Å². The van der Waals surface area contributed by atoms with E-state index in [0.29, 0.717) is 28.6 Å². The summed E-state index contributed by atoms with van der Waals surface area (Å²) in [5.41, 5.74) is 2.02. The van der Waals surface area contributed by atoms with Crippen LogP contribution < -0.4 is 16.2 Å². The molecular weight excluding hydrogens is 440 g/mol. The highest BCUT2D eigenvalue weighted by atomic mass is 16.2. The van der Waals surface area contributed by atoms with Crippen molar-refractivity contribution in [3.05, 3.63) is 106 Å². The van der Waals surface area contributed by atoms with Gasteiger partial charge in [0.25, 0.3) is 17.4 Å². The maximum Gasteiger partial charge on any atom is 0.274 e. The van der Waals surface area contributed by atoms with E-state index in [-0.39, 0.29) is 35.0 Å². The number of rotatable bonds is 7. The molecule has 7 nitrogen and oxygen atoms in total. The van der Waals surface area contributed by atoms with Gasteiger partial charge in [-0.15, -0.1) is 0 Å². The molecule has 1 heterocycles. The number of nitrogens with zero attached hydrogens (tertiary/aromatic N) is 2. The van der Waals surface area contributed by atoms with E-state index in [2.05, 4.69) is 15.7 Å². The Bertz CT molecular complexity index is 1430. The molecule has 1 unspecified atom stereocenters. The van der Waals surface area contributed by atoms with Crippen molar-refractivity contribution in [3.63, 3.8) is 0 Å². The van der Waals surface area contributed by atoms with Gasteiger partial charge in [-0.05, 0) is 48.7 Å². The molecule has 7 heteroatoms. The summed E-state index contributed by atoms with van der Waals surface area (Å²) in [5.74, 6) is -0.377. The lowest BCUT2D eigenvalue weighted by Gasteiger charge is -2.17. The minimum Gasteiger partial charge on any atom is -0.344 e. The Hall–Kier alpha value is -4.26. The second kappa shape index (κ2) is 10.3. The Labute approximate surface area is 203 Å². The highest BCUT2D eigenvalue weighted by Gasteiger charge is 2.19. The smallest absolute Gasteiger partial charge is 0.274 e. The Morgan fingerprint density at radius 2 is 1.54 bits per heavy atom. The van der Waals surface area contributed by atoms with Crippen molar-refractivity contribution < 1.29 is 9.59 Å². The van der Waals surface area contributed by atoms with Gasteiger partial charge in [0.05, 0.1) is 11.4 Å². The van der Waals surface area contributed by atoms with Gasteiger partial charge in [0.1, 0.15) is 0 Å². The number of carbonyl (C=O) groups is 2. The van der Waals surface area contributed by atoms with Crippen LogP contribution in [0.1, 0.15) is 53.2 Å². The topological polar surface area (TPSA) is 93.1 Å². The number of carbonyl (C=O) groups excluding carboxylic acids is 2. The summed E-state index contributed by atoms with van der Waals surface area (Å²) in [6.45, 7) is 6.27. The van der Waals surface area contributed by atoms with Crippen LogP contribution in [0.25, 0.3) is 10.8 Å². The van der Waals surface area contributed by atoms with E-state index in [9.17, 15) is 14.4 Å². The van der Waals surface area contributed by atoms with Crippen LogP contribution in [-0.4, -0.2) is 21.6 Å². The molecule has 2 amide bonds. The molecule has 4 aromatic rings. The van der Waals surface area contributed by atoms with Gasteiger partial charge in [-0.1, -0.05) is 62.4 Å². The predicted octanol–water partition coefficient (Wildman–Crippen LogP) is 4.80. The minimum absolute atomic E-state index is 0.199. The molecule has 0 fully saturated rings. The molecule has 0 aliphatic heterocycles. The van der Waals surface area contributed by atoms with Gasteiger partial charge in [-0.25, -0.2) is 4.68 Å². The molecule has 0 bridgehead atoms. The summed E-state index contributed by atoms with van der Waals surface area (Å²) in [5, 5.41) is 11.3. The summed E-state index contributed by atoms with van der Waals surface area (Å²) < 4.78 is 1.37. The second-order valence-electron chi connectivity index (χ2n) is 8.92. The van der Waals surface area contributed by atoms with E-state index < -0.39 is 0 Å². The zero-order valence-electron chi connectivity index (χ0n) is 20.0. The first kappa shape index (κ1) is 23.9. The SMILES string of the molecule is CC(C)Cn1nc(C(=O)NC(C)c2cccc(NC(=O)c3ccccc3)c2)c2ccccc2c1=O. The molecule has 0 spiro atoms. The molecule has 0 radical (unpaired) electrons. The lowest BCUT2D eigenvalue weighted by Crippen LogP contribution is -2.32. The lowest BCUT2D eigenvalue weighted by molar-refractivity contribution is 0.0933. The number of amides is 2. The van der Waals surface area contributed by atoms with Gasteiger partial charge in [0, 0.05) is 23.2 Å². The molecule has 0 saturated heterocycles. The Morgan fingerprint density at radius 3 is 2.26 bits per heavy atom. The number of benzene rings is 3. The molecule has 178 valence electrons. The van der Waals surface area contributed by atoms with E-state index in [1.807, 2.05) is 57.2 Å². The van der Waals surface area contributed by atoms with Crippen molar-refractivity contribution in [2.24, 2.45) is 5.92 Å². The van der Waals surface area contributed by atoms with Gasteiger partial charge < -0.3 is 10.6 Å². The third-order valence-electron chi connectivity index (χ3n) is 5.65. The first-order valence-corrected chi connectivity index (χ1v) is 11.6. The predicted molar refractivity (Wildman–Crippen MR) is 138 cm³/mol. The molecular formula is C28H28N4O3. The Balaban J connectivity index is 1.57. The molecule has 35 heavy (non-hydrogen) atoms. The van der Waals surface area contributed by atoms with Crippen LogP contribution in [-0.2, 0) is 6.54 Å². The fourth-order valence-electron chi connectivity index (χ4n) is 3.90. The molecule has 0 aliphatic rings. The number of nitrogens with one attached hydrogen (secondary N) is 2. The van der Waals surface area contributed by atoms with Gasteiger partial charge in [-0.3, -0.25) is 14.4 Å². The summed E-state index contributed by atoms with van der Waals surface area (Å²) in [7, 11) is 0. The molecule has 2 N–H and O–H groups in total. The number of fused-ring (bicyclic) bond motifs is 1. The average molecular weight is 469 g/mol. The van der Waals surface area contributed by atoms with Crippen molar-refractivity contribution in [3.8, 4) is 0 Å². The van der Waals surface area contributed by atoms with Crippen LogP contribution in [0.3, 0.4) is 0 Å². The first-order chi connectivity index (χ1) is 16.8. The van der Waals surface area contributed by atoms with Crippen LogP contribution in [0.4, 0.5) is 5.69 Å². The maximum atomic E-state index is 13.3. The highest BCUT2D eigenvalue weighted by Crippen LogP contribution is 2.20. The quantitative estimate of drug-likeness (QED) is 0.408. The zero-order valence-corrected chi connectivity index (χ0v) is 20.0. The fourth-order valence-corrected chi connectivity index (χ4v) is 3.90. The average Bonchev–Trinajstić information content (AvgIpc) is 2.86. The summed E-state index contributed by atoms with van der Waals surface area (Å²) in [6.07, 6.45) is 0. The fraction of sp³-hybridized carbons (Fsp3) is 0.214. The van der Waals surface area contributed by atoms with Crippen molar-refractivity contribution in [2.75, 3.05) is 5.32 Å². The van der Waals surface area contributed by atoms with E-state index in [0.717, 1.165) is 5.56 Å². The molecule has 3 aromatic carbocycles. The molecule has 0 saturated carbocycles. The summed E-state index contributed by atoms with van der Waals surface area (Å²) in [4.78, 5) is 38.6. The van der Waals surface area contributed by atoms with Crippen molar-refractivity contribution in [1.82, 2.24) is 15.1 Å². The van der Waals surface area contributed by atoms with Crippen LogP contribution in [0.2, 0.25) is 0 Å². The molecule has 1 aromatic heterocycles.